The summed E-state index contributed by atoms with van der Waals surface area (Å²) in [5.74, 6) is 2.39. The predicted octanol–water partition coefficient (Wildman–Crippen LogP) is 3.64. The monoisotopic (exact) mass is 310 g/mol. The van der Waals surface area contributed by atoms with Crippen LogP contribution in [0.3, 0.4) is 0 Å². The maximum atomic E-state index is 5.90. The molecule has 1 aromatic carbocycles. The van der Waals surface area contributed by atoms with Crippen LogP contribution in [-0.4, -0.2) is 35.8 Å². The lowest BCUT2D eigenvalue weighted by atomic mass is 10.3. The SMILES string of the molecule is CCCOCCCn1c(CCCl)nc2c(OC)cccc21. The van der Waals surface area contributed by atoms with Crippen molar-refractivity contribution in [3.05, 3.63) is 24.0 Å². The van der Waals surface area contributed by atoms with E-state index in [1.807, 2.05) is 12.1 Å². The topological polar surface area (TPSA) is 36.3 Å². The van der Waals surface area contributed by atoms with Crippen LogP contribution in [0.2, 0.25) is 0 Å². The van der Waals surface area contributed by atoms with Crippen molar-refractivity contribution in [2.45, 2.75) is 32.7 Å². The number of methoxy groups -OCH3 is 1. The lowest BCUT2D eigenvalue weighted by Gasteiger charge is -2.09. The van der Waals surface area contributed by atoms with E-state index in [4.69, 9.17) is 26.1 Å². The summed E-state index contributed by atoms with van der Waals surface area (Å²) in [7, 11) is 1.67. The van der Waals surface area contributed by atoms with Crippen LogP contribution in [-0.2, 0) is 17.7 Å². The Morgan fingerprint density at radius 1 is 1.29 bits per heavy atom. The number of imidazole rings is 1. The first kappa shape index (κ1) is 16.1. The number of aryl methyl sites for hydroxylation is 2. The maximum Gasteiger partial charge on any atom is 0.146 e. The summed E-state index contributed by atoms with van der Waals surface area (Å²) in [6, 6.07) is 6.02. The summed E-state index contributed by atoms with van der Waals surface area (Å²) in [6.07, 6.45) is 2.79. The van der Waals surface area contributed by atoms with Crippen LogP contribution in [0.15, 0.2) is 18.2 Å². The summed E-state index contributed by atoms with van der Waals surface area (Å²) < 4.78 is 13.2. The fourth-order valence-corrected chi connectivity index (χ4v) is 2.60. The molecule has 1 heterocycles. The van der Waals surface area contributed by atoms with Crippen LogP contribution in [0.4, 0.5) is 0 Å². The lowest BCUT2D eigenvalue weighted by molar-refractivity contribution is 0.129. The molecular weight excluding hydrogens is 288 g/mol. The van der Waals surface area contributed by atoms with Gasteiger partial charge in [0.1, 0.15) is 17.1 Å². The van der Waals surface area contributed by atoms with E-state index in [0.29, 0.717) is 5.88 Å². The Hall–Kier alpha value is -1.26. The van der Waals surface area contributed by atoms with Crippen molar-refractivity contribution < 1.29 is 9.47 Å². The number of nitrogens with zero attached hydrogens (tertiary/aromatic N) is 2. The molecule has 0 spiro atoms. The first-order valence-electron chi connectivity index (χ1n) is 7.47. The molecule has 2 aromatic rings. The van der Waals surface area contributed by atoms with Crippen molar-refractivity contribution in [2.75, 3.05) is 26.2 Å². The predicted molar refractivity (Wildman–Crippen MR) is 86.4 cm³/mol. The second kappa shape index (κ2) is 8.25. The number of halogens is 1. The Morgan fingerprint density at radius 3 is 2.86 bits per heavy atom. The van der Waals surface area contributed by atoms with Crippen molar-refractivity contribution in [2.24, 2.45) is 0 Å². The van der Waals surface area contributed by atoms with Gasteiger partial charge in [0.25, 0.3) is 0 Å². The third-order valence-corrected chi connectivity index (χ3v) is 3.57. The fraction of sp³-hybridized carbons (Fsp3) is 0.562. The Kier molecular flexibility index (Phi) is 6.33. The van der Waals surface area contributed by atoms with Gasteiger partial charge in [-0.15, -0.1) is 11.6 Å². The Labute approximate surface area is 131 Å². The molecule has 116 valence electrons. The highest BCUT2D eigenvalue weighted by Gasteiger charge is 2.13. The highest BCUT2D eigenvalue weighted by Crippen LogP contribution is 2.26. The van der Waals surface area contributed by atoms with Crippen LogP contribution in [0.25, 0.3) is 11.0 Å². The third kappa shape index (κ3) is 3.89. The quantitative estimate of drug-likeness (QED) is 0.524. The number of alkyl halides is 1. The van der Waals surface area contributed by atoms with Crippen molar-refractivity contribution in [1.29, 1.82) is 0 Å². The van der Waals surface area contributed by atoms with Gasteiger partial charge in [-0.25, -0.2) is 4.98 Å². The molecule has 0 saturated heterocycles. The maximum absolute atomic E-state index is 5.90. The van der Waals surface area contributed by atoms with Crippen LogP contribution >= 0.6 is 11.6 Å². The average molecular weight is 311 g/mol. The Morgan fingerprint density at radius 2 is 2.14 bits per heavy atom. The van der Waals surface area contributed by atoms with Gasteiger partial charge in [0.2, 0.25) is 0 Å². The van der Waals surface area contributed by atoms with E-state index < -0.39 is 0 Å². The molecule has 0 unspecified atom stereocenters. The van der Waals surface area contributed by atoms with Crippen LogP contribution in [0.5, 0.6) is 5.75 Å². The summed E-state index contributed by atoms with van der Waals surface area (Å²) in [6.45, 7) is 4.61. The minimum Gasteiger partial charge on any atom is -0.494 e. The molecule has 0 fully saturated rings. The smallest absolute Gasteiger partial charge is 0.146 e. The zero-order valence-corrected chi connectivity index (χ0v) is 13.5. The molecule has 0 aliphatic heterocycles. The standard InChI is InChI=1S/C16H23ClN2O2/c1-3-11-21-12-5-10-19-13-6-4-7-14(20-2)16(13)18-15(19)8-9-17/h4,6-7H,3,5,8-12H2,1-2H3. The van der Waals surface area contributed by atoms with E-state index in [9.17, 15) is 0 Å². The zero-order chi connectivity index (χ0) is 15.1. The van der Waals surface area contributed by atoms with E-state index in [1.165, 1.54) is 0 Å². The molecule has 1 aromatic heterocycles. The number of para-hydroxylation sites is 1. The first-order valence-corrected chi connectivity index (χ1v) is 8.01. The molecule has 0 radical (unpaired) electrons. The molecule has 4 nitrogen and oxygen atoms in total. The van der Waals surface area contributed by atoms with Crippen LogP contribution in [0, 0.1) is 0 Å². The zero-order valence-electron chi connectivity index (χ0n) is 12.8. The molecule has 0 atom stereocenters. The second-order valence-electron chi connectivity index (χ2n) is 4.91. The van der Waals surface area contributed by atoms with Gasteiger partial charge in [0, 0.05) is 32.1 Å². The molecule has 0 aliphatic rings. The number of aromatic nitrogens is 2. The molecule has 0 bridgehead atoms. The van der Waals surface area contributed by atoms with E-state index in [2.05, 4.69) is 17.6 Å². The fourth-order valence-electron chi connectivity index (χ4n) is 2.43. The average Bonchev–Trinajstić information content (AvgIpc) is 2.85. The normalized spacial score (nSPS) is 11.2. The van der Waals surface area contributed by atoms with Gasteiger partial charge in [-0.1, -0.05) is 13.0 Å². The van der Waals surface area contributed by atoms with Crippen molar-refractivity contribution in [3.8, 4) is 5.75 Å². The molecule has 0 N–H and O–H groups in total. The molecule has 21 heavy (non-hydrogen) atoms. The van der Waals surface area contributed by atoms with E-state index in [-0.39, 0.29) is 0 Å². The Bertz CT molecular complexity index is 569. The highest BCUT2D eigenvalue weighted by molar-refractivity contribution is 6.17. The first-order chi connectivity index (χ1) is 10.3. The second-order valence-corrected chi connectivity index (χ2v) is 5.29. The van der Waals surface area contributed by atoms with Crippen molar-refractivity contribution >= 4 is 22.6 Å². The summed E-state index contributed by atoms with van der Waals surface area (Å²) in [5, 5.41) is 0. The van der Waals surface area contributed by atoms with E-state index in [0.717, 1.165) is 61.6 Å². The number of hydrogen-bond acceptors (Lipinski definition) is 3. The van der Waals surface area contributed by atoms with Gasteiger partial charge in [-0.05, 0) is 25.0 Å². The number of fused-ring (bicyclic) bond motifs is 1. The Balaban J connectivity index is 2.20. The largest absolute Gasteiger partial charge is 0.494 e. The minimum absolute atomic E-state index is 0.567. The molecule has 0 amide bonds. The van der Waals surface area contributed by atoms with Gasteiger partial charge in [0.15, 0.2) is 0 Å². The number of ether oxygens (including phenoxy) is 2. The van der Waals surface area contributed by atoms with E-state index >= 15 is 0 Å². The van der Waals surface area contributed by atoms with Crippen molar-refractivity contribution in [1.82, 2.24) is 9.55 Å². The van der Waals surface area contributed by atoms with Gasteiger partial charge in [0.05, 0.1) is 12.6 Å². The molecule has 0 aliphatic carbocycles. The third-order valence-electron chi connectivity index (χ3n) is 3.38. The molecule has 5 heteroatoms. The number of benzene rings is 1. The summed E-state index contributed by atoms with van der Waals surface area (Å²) in [4.78, 5) is 4.70. The minimum atomic E-state index is 0.567. The van der Waals surface area contributed by atoms with Gasteiger partial charge < -0.3 is 14.0 Å². The van der Waals surface area contributed by atoms with Gasteiger partial charge in [-0.3, -0.25) is 0 Å². The number of hydrogen-bond donors (Lipinski definition) is 0. The summed E-state index contributed by atoms with van der Waals surface area (Å²) in [5.41, 5.74) is 2.01. The highest BCUT2D eigenvalue weighted by atomic mass is 35.5. The summed E-state index contributed by atoms with van der Waals surface area (Å²) >= 11 is 5.90. The molecule has 0 saturated carbocycles. The molecular formula is C16H23ClN2O2. The van der Waals surface area contributed by atoms with Crippen LogP contribution in [0.1, 0.15) is 25.6 Å². The molecule has 2 rings (SSSR count). The van der Waals surface area contributed by atoms with E-state index in [1.54, 1.807) is 7.11 Å². The lowest BCUT2D eigenvalue weighted by Crippen LogP contribution is -2.07. The van der Waals surface area contributed by atoms with Crippen molar-refractivity contribution in [3.63, 3.8) is 0 Å². The van der Waals surface area contributed by atoms with Crippen LogP contribution < -0.4 is 4.74 Å². The number of rotatable bonds is 9. The van der Waals surface area contributed by atoms with Gasteiger partial charge >= 0.3 is 0 Å². The van der Waals surface area contributed by atoms with Gasteiger partial charge in [-0.2, -0.15) is 0 Å².